The Morgan fingerprint density at radius 2 is 1.45 bits per heavy atom. The second-order valence-electron chi connectivity index (χ2n) is 7.71. The fourth-order valence-corrected chi connectivity index (χ4v) is 6.77. The molecule has 0 bridgehead atoms. The summed E-state index contributed by atoms with van der Waals surface area (Å²) in [5.74, 6) is -0.774. The van der Waals surface area contributed by atoms with Crippen molar-refractivity contribution < 1.29 is 9.09 Å². The first-order valence-corrected chi connectivity index (χ1v) is 12.5. The van der Waals surface area contributed by atoms with Crippen molar-refractivity contribution in [1.29, 1.82) is 0 Å². The first kappa shape index (κ1) is 23.7. The molecule has 0 saturated carbocycles. The summed E-state index contributed by atoms with van der Waals surface area (Å²) in [5.41, 5.74) is 2.35. The molecule has 2 atom stereocenters. The zero-order valence-corrected chi connectivity index (χ0v) is 20.5. The minimum atomic E-state index is -3.53. The van der Waals surface area contributed by atoms with E-state index in [-0.39, 0.29) is 6.10 Å². The highest BCUT2D eigenvalue weighted by molar-refractivity contribution is 7.67. The summed E-state index contributed by atoms with van der Waals surface area (Å²) in [6.07, 6.45) is -0.277. The van der Waals surface area contributed by atoms with Gasteiger partial charge in [-0.3, -0.25) is 4.57 Å². The predicted molar refractivity (Wildman–Crippen MR) is 133 cm³/mol. The van der Waals surface area contributed by atoms with Crippen LogP contribution >= 0.6 is 30.6 Å². The maximum Gasteiger partial charge on any atom is 0.258 e. The van der Waals surface area contributed by atoms with E-state index < -0.39 is 13.2 Å². The van der Waals surface area contributed by atoms with Gasteiger partial charge in [-0.2, -0.15) is 0 Å². The lowest BCUT2D eigenvalue weighted by Crippen LogP contribution is -2.23. The molecule has 31 heavy (non-hydrogen) atoms. The molecular weight excluding hydrogens is 450 g/mol. The van der Waals surface area contributed by atoms with Gasteiger partial charge in [0.1, 0.15) is 5.78 Å². The van der Waals surface area contributed by atoms with Crippen molar-refractivity contribution in [2.45, 2.75) is 25.7 Å². The lowest BCUT2D eigenvalue weighted by Gasteiger charge is -2.32. The van der Waals surface area contributed by atoms with E-state index in [1.165, 1.54) is 0 Å². The Labute approximate surface area is 194 Å². The van der Waals surface area contributed by atoms with Crippen LogP contribution in [0.15, 0.2) is 72.8 Å². The molecule has 164 valence electrons. The monoisotopic (exact) mass is 476 g/mol. The van der Waals surface area contributed by atoms with Gasteiger partial charge in [0, 0.05) is 46.4 Å². The van der Waals surface area contributed by atoms with Crippen LogP contribution in [0, 0.1) is 0 Å². The minimum Gasteiger partial charge on any atom is -0.378 e. The van der Waals surface area contributed by atoms with E-state index in [9.17, 15) is 4.57 Å². The normalized spacial score (nSPS) is 14.2. The van der Waals surface area contributed by atoms with Crippen LogP contribution in [-0.2, 0) is 9.09 Å². The Kier molecular flexibility index (Phi) is 7.72. The number of hydrogen-bond donors (Lipinski definition) is 1. The Hall–Kier alpha value is -1.97. The van der Waals surface area contributed by atoms with Crippen molar-refractivity contribution in [1.82, 2.24) is 0 Å². The van der Waals surface area contributed by atoms with Crippen LogP contribution < -0.4 is 15.5 Å². The van der Waals surface area contributed by atoms with E-state index in [4.69, 9.17) is 27.7 Å². The van der Waals surface area contributed by atoms with Crippen molar-refractivity contribution in [3.8, 4) is 0 Å². The van der Waals surface area contributed by atoms with E-state index in [0.29, 0.717) is 20.9 Å². The summed E-state index contributed by atoms with van der Waals surface area (Å²) in [7, 11) is 0.394. The molecule has 0 aliphatic heterocycles. The third kappa shape index (κ3) is 5.45. The molecule has 0 aromatic heterocycles. The highest BCUT2D eigenvalue weighted by atomic mass is 35.5. The number of rotatable bonds is 8. The molecule has 1 N–H and O–H groups in total. The fraction of sp³-hybridized carbons (Fsp3) is 0.250. The van der Waals surface area contributed by atoms with Gasteiger partial charge in [0.25, 0.3) is 7.37 Å². The van der Waals surface area contributed by atoms with Crippen LogP contribution in [0.5, 0.6) is 0 Å². The fourth-order valence-electron chi connectivity index (χ4n) is 3.33. The van der Waals surface area contributed by atoms with E-state index in [1.54, 1.807) is 18.2 Å². The number of nitrogens with zero attached hydrogens (tertiary/aromatic N) is 1. The van der Waals surface area contributed by atoms with Crippen LogP contribution in [0.3, 0.4) is 0 Å². The maximum absolute atomic E-state index is 14.7. The lowest BCUT2D eigenvalue weighted by molar-refractivity contribution is 0.245. The third-order valence-corrected chi connectivity index (χ3v) is 8.26. The Bertz CT molecular complexity index is 1040. The van der Waals surface area contributed by atoms with Gasteiger partial charge in [-0.15, -0.1) is 0 Å². The standard InChI is InChI=1S/C24H27Cl2N2O2P/c1-17(2)30-31(29,20-15-13-19(14-16-20)28(3)4)24(27-18-9-6-5-7-10-18)23-21(25)11-8-12-22(23)26/h5-17,24,27H,1-4H3/t24-,31+/m0/s1. The zero-order valence-electron chi connectivity index (χ0n) is 18.0. The van der Waals surface area contributed by atoms with Crippen LogP contribution in [0.1, 0.15) is 25.2 Å². The number of nitrogens with one attached hydrogen (secondary N) is 1. The lowest BCUT2D eigenvalue weighted by atomic mass is 10.2. The maximum atomic E-state index is 14.7. The summed E-state index contributed by atoms with van der Waals surface area (Å²) >= 11 is 13.2. The van der Waals surface area contributed by atoms with Gasteiger partial charge >= 0.3 is 0 Å². The summed E-state index contributed by atoms with van der Waals surface area (Å²) < 4.78 is 20.9. The molecule has 3 aromatic rings. The van der Waals surface area contributed by atoms with Crippen molar-refractivity contribution in [3.05, 3.63) is 88.4 Å². The van der Waals surface area contributed by atoms with Crippen molar-refractivity contribution in [2.75, 3.05) is 24.3 Å². The quantitative estimate of drug-likeness (QED) is 0.349. The van der Waals surface area contributed by atoms with Crippen molar-refractivity contribution in [2.24, 2.45) is 0 Å². The van der Waals surface area contributed by atoms with Gasteiger partial charge in [0.05, 0.1) is 6.10 Å². The Morgan fingerprint density at radius 3 is 1.97 bits per heavy atom. The molecule has 0 aliphatic rings. The zero-order chi connectivity index (χ0) is 22.6. The summed E-state index contributed by atoms with van der Waals surface area (Å²) in [5, 5.41) is 4.84. The first-order valence-electron chi connectivity index (χ1n) is 10.0. The number of hydrogen-bond acceptors (Lipinski definition) is 4. The van der Waals surface area contributed by atoms with Crippen molar-refractivity contribution in [3.63, 3.8) is 0 Å². The van der Waals surface area contributed by atoms with Gasteiger partial charge in [-0.05, 0) is 62.4 Å². The molecule has 0 unspecified atom stereocenters. The molecule has 0 heterocycles. The molecule has 0 aliphatic carbocycles. The van der Waals surface area contributed by atoms with Gasteiger partial charge < -0.3 is 14.7 Å². The number of benzene rings is 3. The number of para-hydroxylation sites is 1. The van der Waals surface area contributed by atoms with Gasteiger partial charge in [-0.1, -0.05) is 47.5 Å². The van der Waals surface area contributed by atoms with E-state index >= 15 is 0 Å². The van der Waals surface area contributed by atoms with Crippen molar-refractivity contribution >= 4 is 47.3 Å². The predicted octanol–water partition coefficient (Wildman–Crippen LogP) is 7.20. The van der Waals surface area contributed by atoms with E-state index in [2.05, 4.69) is 5.32 Å². The molecule has 0 amide bonds. The Morgan fingerprint density at radius 1 is 0.871 bits per heavy atom. The van der Waals surface area contributed by atoms with Crippen LogP contribution in [0.2, 0.25) is 10.0 Å². The molecule has 4 nitrogen and oxygen atoms in total. The molecule has 0 fully saturated rings. The summed E-state index contributed by atoms with van der Waals surface area (Å²) in [4.78, 5) is 1.99. The van der Waals surface area contributed by atoms with Crippen LogP contribution in [-0.4, -0.2) is 20.2 Å². The second kappa shape index (κ2) is 10.1. The first-order chi connectivity index (χ1) is 14.7. The molecular formula is C24H27Cl2N2O2P. The molecule has 0 saturated heterocycles. The Balaban J connectivity index is 2.21. The van der Waals surface area contributed by atoms with E-state index in [1.807, 2.05) is 87.4 Å². The van der Waals surface area contributed by atoms with E-state index in [0.717, 1.165) is 11.4 Å². The highest BCUT2D eigenvalue weighted by Crippen LogP contribution is 2.61. The molecule has 7 heteroatoms. The van der Waals surface area contributed by atoms with Gasteiger partial charge in [-0.25, -0.2) is 0 Å². The molecule has 3 aromatic carbocycles. The second-order valence-corrected chi connectivity index (χ2v) is 11.0. The molecule has 0 radical (unpaired) electrons. The highest BCUT2D eigenvalue weighted by Gasteiger charge is 2.40. The topological polar surface area (TPSA) is 41.6 Å². The van der Waals surface area contributed by atoms with Gasteiger partial charge in [0.2, 0.25) is 0 Å². The summed E-state index contributed by atoms with van der Waals surface area (Å²) in [6, 6.07) is 22.4. The third-order valence-electron chi connectivity index (χ3n) is 4.78. The average molecular weight is 477 g/mol. The number of anilines is 2. The average Bonchev–Trinajstić information content (AvgIpc) is 2.73. The SMILES string of the molecule is CC(C)O[P@](=O)(c1ccc(N(C)C)cc1)[C@H](Nc1ccccc1)c1c(Cl)cccc1Cl. The smallest absolute Gasteiger partial charge is 0.258 e. The molecule has 3 rings (SSSR count). The van der Waals surface area contributed by atoms with Crippen LogP contribution in [0.25, 0.3) is 0 Å². The van der Waals surface area contributed by atoms with Crippen LogP contribution in [0.4, 0.5) is 11.4 Å². The number of halogens is 2. The van der Waals surface area contributed by atoms with Gasteiger partial charge in [0.15, 0.2) is 0 Å². The minimum absolute atomic E-state index is 0.277. The summed E-state index contributed by atoms with van der Waals surface area (Å²) in [6.45, 7) is 3.74. The largest absolute Gasteiger partial charge is 0.378 e. The molecule has 0 spiro atoms.